The highest BCUT2D eigenvalue weighted by atomic mass is 127. The molecule has 7 heteroatoms. The van der Waals surface area contributed by atoms with Gasteiger partial charge in [0.15, 0.2) is 5.96 Å². The molecule has 0 aromatic heterocycles. The fourth-order valence-electron chi connectivity index (χ4n) is 3.78. The zero-order valence-electron chi connectivity index (χ0n) is 17.9. The van der Waals surface area contributed by atoms with Crippen molar-refractivity contribution in [3.63, 3.8) is 0 Å². The van der Waals surface area contributed by atoms with E-state index < -0.39 is 0 Å². The fourth-order valence-corrected chi connectivity index (χ4v) is 3.78. The van der Waals surface area contributed by atoms with Crippen molar-refractivity contribution in [3.05, 3.63) is 35.4 Å². The van der Waals surface area contributed by atoms with Crippen molar-refractivity contribution in [1.82, 2.24) is 20.4 Å². The SMILES string of the molecule is CN=C(NCc1ccc(CN(C)C)cc1)NCC1(C(=O)N(C)C)CCCC1.I. The average molecular weight is 501 g/mol. The average Bonchev–Trinajstić information content (AvgIpc) is 3.12. The molecule has 0 unspecified atom stereocenters. The lowest BCUT2D eigenvalue weighted by Gasteiger charge is -2.31. The Morgan fingerprint density at radius 1 is 1.04 bits per heavy atom. The first kappa shape index (κ1) is 24.7. The number of aliphatic imine (C=N–C) groups is 1. The molecule has 6 nitrogen and oxygen atoms in total. The number of hydrogen-bond acceptors (Lipinski definition) is 3. The monoisotopic (exact) mass is 501 g/mol. The third-order valence-corrected chi connectivity index (χ3v) is 5.22. The number of carbonyl (C=O) groups excluding carboxylic acids is 1. The highest BCUT2D eigenvalue weighted by Gasteiger charge is 2.42. The summed E-state index contributed by atoms with van der Waals surface area (Å²) < 4.78 is 0. The predicted molar refractivity (Wildman–Crippen MR) is 127 cm³/mol. The first-order valence-corrected chi connectivity index (χ1v) is 9.75. The second kappa shape index (κ2) is 11.6. The van der Waals surface area contributed by atoms with Crippen LogP contribution in [0.25, 0.3) is 0 Å². The van der Waals surface area contributed by atoms with Crippen LogP contribution in [0.1, 0.15) is 36.8 Å². The number of carbonyl (C=O) groups is 1. The van der Waals surface area contributed by atoms with Gasteiger partial charge in [-0.15, -0.1) is 24.0 Å². The van der Waals surface area contributed by atoms with Gasteiger partial charge in [-0.3, -0.25) is 9.79 Å². The van der Waals surface area contributed by atoms with Crippen LogP contribution in [-0.4, -0.2) is 63.4 Å². The van der Waals surface area contributed by atoms with Crippen LogP contribution in [0.5, 0.6) is 0 Å². The lowest BCUT2D eigenvalue weighted by Crippen LogP contribution is -2.49. The van der Waals surface area contributed by atoms with Crippen LogP contribution in [0.2, 0.25) is 0 Å². The summed E-state index contributed by atoms with van der Waals surface area (Å²) in [5, 5.41) is 6.74. The molecule has 1 amide bonds. The Hall–Kier alpha value is -1.35. The summed E-state index contributed by atoms with van der Waals surface area (Å²) in [6.45, 7) is 2.28. The summed E-state index contributed by atoms with van der Waals surface area (Å²) in [4.78, 5) is 20.9. The maximum absolute atomic E-state index is 12.7. The molecule has 0 atom stereocenters. The van der Waals surface area contributed by atoms with E-state index in [0.29, 0.717) is 13.1 Å². The molecule has 1 fully saturated rings. The van der Waals surface area contributed by atoms with E-state index in [9.17, 15) is 4.79 Å². The van der Waals surface area contributed by atoms with Gasteiger partial charge in [0.2, 0.25) is 5.91 Å². The van der Waals surface area contributed by atoms with Gasteiger partial charge in [0, 0.05) is 40.8 Å². The van der Waals surface area contributed by atoms with Crippen LogP contribution < -0.4 is 10.6 Å². The van der Waals surface area contributed by atoms with Crippen LogP contribution in [0, 0.1) is 5.41 Å². The molecule has 2 rings (SSSR count). The van der Waals surface area contributed by atoms with E-state index >= 15 is 0 Å². The largest absolute Gasteiger partial charge is 0.355 e. The van der Waals surface area contributed by atoms with Crippen LogP contribution in [-0.2, 0) is 17.9 Å². The normalized spacial score (nSPS) is 15.9. The lowest BCUT2D eigenvalue weighted by molar-refractivity contribution is -0.138. The molecule has 158 valence electrons. The summed E-state index contributed by atoms with van der Waals surface area (Å²) in [6, 6.07) is 8.62. The first-order chi connectivity index (χ1) is 12.9. The second-order valence-electron chi connectivity index (χ2n) is 8.02. The first-order valence-electron chi connectivity index (χ1n) is 9.75. The van der Waals surface area contributed by atoms with Gasteiger partial charge in [0.1, 0.15) is 0 Å². The van der Waals surface area contributed by atoms with Crippen molar-refractivity contribution in [3.8, 4) is 0 Å². The van der Waals surface area contributed by atoms with E-state index in [1.807, 2.05) is 14.1 Å². The molecule has 28 heavy (non-hydrogen) atoms. The quantitative estimate of drug-likeness (QED) is 0.343. The number of rotatable bonds is 7. The van der Waals surface area contributed by atoms with Gasteiger partial charge >= 0.3 is 0 Å². The van der Waals surface area contributed by atoms with E-state index in [-0.39, 0.29) is 35.3 Å². The second-order valence-corrected chi connectivity index (χ2v) is 8.02. The number of nitrogens with zero attached hydrogens (tertiary/aromatic N) is 3. The Kier molecular flexibility index (Phi) is 10.2. The zero-order valence-corrected chi connectivity index (χ0v) is 20.2. The smallest absolute Gasteiger partial charge is 0.230 e. The van der Waals surface area contributed by atoms with Crippen molar-refractivity contribution < 1.29 is 4.79 Å². The molecule has 0 spiro atoms. The molecule has 1 aliphatic rings. The van der Waals surface area contributed by atoms with E-state index in [1.165, 1.54) is 11.1 Å². The molecule has 2 N–H and O–H groups in total. The number of hydrogen-bond donors (Lipinski definition) is 2. The van der Waals surface area contributed by atoms with Crippen molar-refractivity contribution in [2.24, 2.45) is 10.4 Å². The van der Waals surface area contributed by atoms with Crippen LogP contribution in [0.15, 0.2) is 29.3 Å². The molecule has 1 aliphatic carbocycles. The van der Waals surface area contributed by atoms with Gasteiger partial charge in [-0.1, -0.05) is 37.1 Å². The molecular formula is C21H36IN5O. The van der Waals surface area contributed by atoms with Gasteiger partial charge < -0.3 is 20.4 Å². The van der Waals surface area contributed by atoms with E-state index in [2.05, 4.69) is 58.9 Å². The molecule has 0 bridgehead atoms. The summed E-state index contributed by atoms with van der Waals surface area (Å²) in [7, 11) is 9.60. The Morgan fingerprint density at radius 3 is 2.11 bits per heavy atom. The summed E-state index contributed by atoms with van der Waals surface area (Å²) in [5.41, 5.74) is 2.21. The lowest BCUT2D eigenvalue weighted by atomic mass is 9.84. The number of halogens is 1. The van der Waals surface area contributed by atoms with Crippen molar-refractivity contribution in [2.45, 2.75) is 38.8 Å². The van der Waals surface area contributed by atoms with Crippen LogP contribution in [0.4, 0.5) is 0 Å². The standard InChI is InChI=1S/C21H35N5O.HI/c1-22-20(23-14-17-8-10-18(11-9-17)15-25(2)3)24-16-21(12-6-7-13-21)19(27)26(4)5;/h8-11H,6-7,12-16H2,1-5H3,(H2,22,23,24);1H. The Labute approximate surface area is 187 Å². The van der Waals surface area contributed by atoms with Crippen molar-refractivity contribution >= 4 is 35.8 Å². The molecule has 0 aliphatic heterocycles. The Morgan fingerprint density at radius 2 is 1.61 bits per heavy atom. The number of nitrogens with one attached hydrogen (secondary N) is 2. The van der Waals surface area contributed by atoms with Crippen LogP contribution in [0.3, 0.4) is 0 Å². The van der Waals surface area contributed by atoms with Gasteiger partial charge in [-0.2, -0.15) is 0 Å². The third-order valence-electron chi connectivity index (χ3n) is 5.22. The van der Waals surface area contributed by atoms with E-state index in [0.717, 1.165) is 38.2 Å². The maximum Gasteiger partial charge on any atom is 0.230 e. The molecule has 0 radical (unpaired) electrons. The van der Waals surface area contributed by atoms with Gasteiger partial charge in [-0.25, -0.2) is 0 Å². The highest BCUT2D eigenvalue weighted by molar-refractivity contribution is 14.0. The van der Waals surface area contributed by atoms with Crippen molar-refractivity contribution in [1.29, 1.82) is 0 Å². The van der Waals surface area contributed by atoms with Gasteiger partial charge in [0.05, 0.1) is 5.41 Å². The van der Waals surface area contributed by atoms with E-state index in [4.69, 9.17) is 0 Å². The summed E-state index contributed by atoms with van der Waals surface area (Å²) in [5.74, 6) is 0.963. The number of amides is 1. The van der Waals surface area contributed by atoms with E-state index in [1.54, 1.807) is 11.9 Å². The number of guanidine groups is 1. The van der Waals surface area contributed by atoms with Crippen molar-refractivity contribution in [2.75, 3.05) is 41.8 Å². The maximum atomic E-state index is 12.7. The molecular weight excluding hydrogens is 465 g/mol. The highest BCUT2D eigenvalue weighted by Crippen LogP contribution is 2.38. The summed E-state index contributed by atoms with van der Waals surface area (Å²) in [6.07, 6.45) is 4.13. The molecule has 1 aromatic carbocycles. The Balaban J connectivity index is 0.00000392. The minimum Gasteiger partial charge on any atom is -0.355 e. The van der Waals surface area contributed by atoms with Crippen LogP contribution >= 0.6 is 24.0 Å². The predicted octanol–water partition coefficient (Wildman–Crippen LogP) is 2.68. The third kappa shape index (κ3) is 6.92. The molecule has 0 saturated heterocycles. The minimum absolute atomic E-state index is 0. The van der Waals surface area contributed by atoms with Gasteiger partial charge in [-0.05, 0) is 38.1 Å². The fraction of sp³-hybridized carbons (Fsp3) is 0.619. The Bertz CT molecular complexity index is 637. The topological polar surface area (TPSA) is 60.0 Å². The minimum atomic E-state index is -0.297. The van der Waals surface area contributed by atoms with Gasteiger partial charge in [0.25, 0.3) is 0 Å². The molecule has 0 heterocycles. The zero-order chi connectivity index (χ0) is 19.9. The number of benzene rings is 1. The summed E-state index contributed by atoms with van der Waals surface area (Å²) >= 11 is 0. The molecule has 1 saturated carbocycles. The molecule has 1 aromatic rings.